The van der Waals surface area contributed by atoms with E-state index in [-0.39, 0.29) is 5.91 Å². The summed E-state index contributed by atoms with van der Waals surface area (Å²) >= 11 is 4.62. The largest absolute Gasteiger partial charge is 0.497 e. The molecule has 2 aromatic carbocycles. The van der Waals surface area contributed by atoms with Gasteiger partial charge in [-0.25, -0.2) is 0 Å². The lowest BCUT2D eigenvalue weighted by Gasteiger charge is -2.07. The van der Waals surface area contributed by atoms with Gasteiger partial charge in [0.05, 0.1) is 19.8 Å². The minimum absolute atomic E-state index is 0.245. The van der Waals surface area contributed by atoms with Gasteiger partial charge in [-0.3, -0.25) is 10.1 Å². The number of hydrogen-bond donors (Lipinski definition) is 1. The van der Waals surface area contributed by atoms with Crippen molar-refractivity contribution in [1.29, 1.82) is 0 Å². The Morgan fingerprint density at radius 2 is 1.96 bits per heavy atom. The number of nitrogens with one attached hydrogen (secondary N) is 1. The number of carbonyl (C=O) groups is 1. The summed E-state index contributed by atoms with van der Waals surface area (Å²) in [5.74, 6) is 1.07. The number of anilines is 1. The molecule has 0 saturated carbocycles. The Morgan fingerprint density at radius 1 is 1.12 bits per heavy atom. The smallest absolute Gasteiger partial charge is 0.257 e. The topological polar surface area (TPSA) is 73.3 Å². The maximum Gasteiger partial charge on any atom is 0.257 e. The van der Waals surface area contributed by atoms with E-state index in [0.29, 0.717) is 27.2 Å². The maximum absolute atomic E-state index is 12.3. The van der Waals surface area contributed by atoms with E-state index >= 15 is 0 Å². The summed E-state index contributed by atoms with van der Waals surface area (Å²) in [5.41, 5.74) is 1.32. The van der Waals surface area contributed by atoms with E-state index < -0.39 is 0 Å². The van der Waals surface area contributed by atoms with Crippen LogP contribution in [0.4, 0.5) is 5.13 Å². The molecule has 1 heterocycles. The third-order valence-corrected chi connectivity index (χ3v) is 4.74. The van der Waals surface area contributed by atoms with Crippen molar-refractivity contribution >= 4 is 38.3 Å². The SMILES string of the molecule is COc1ccc(-c2nnc(NC(=O)c3cccc(Br)c3)s2)c(OC)c1. The second-order valence-electron chi connectivity index (χ2n) is 4.94. The number of ether oxygens (including phenoxy) is 2. The fourth-order valence-corrected chi connectivity index (χ4v) is 3.32. The number of rotatable bonds is 5. The van der Waals surface area contributed by atoms with Gasteiger partial charge in [0.15, 0.2) is 5.01 Å². The van der Waals surface area contributed by atoms with Crippen molar-refractivity contribution in [2.75, 3.05) is 19.5 Å². The Bertz CT molecular complexity index is 914. The lowest BCUT2D eigenvalue weighted by Crippen LogP contribution is -2.11. The number of hydrogen-bond acceptors (Lipinski definition) is 6. The second-order valence-corrected chi connectivity index (χ2v) is 6.84. The van der Waals surface area contributed by atoms with E-state index in [9.17, 15) is 4.79 Å². The van der Waals surface area contributed by atoms with Crippen LogP contribution in [-0.2, 0) is 0 Å². The highest BCUT2D eigenvalue weighted by Crippen LogP contribution is 2.36. The van der Waals surface area contributed by atoms with E-state index in [0.717, 1.165) is 10.0 Å². The fourth-order valence-electron chi connectivity index (χ4n) is 2.16. The number of methoxy groups -OCH3 is 2. The number of halogens is 1. The Morgan fingerprint density at radius 3 is 2.68 bits per heavy atom. The monoisotopic (exact) mass is 419 g/mol. The van der Waals surface area contributed by atoms with Crippen LogP contribution >= 0.6 is 27.3 Å². The number of amides is 1. The highest BCUT2D eigenvalue weighted by Gasteiger charge is 2.15. The zero-order valence-corrected chi connectivity index (χ0v) is 15.8. The van der Waals surface area contributed by atoms with Gasteiger partial charge < -0.3 is 9.47 Å². The lowest BCUT2D eigenvalue weighted by molar-refractivity contribution is 0.102. The summed E-state index contributed by atoms with van der Waals surface area (Å²) in [6.07, 6.45) is 0. The van der Waals surface area contributed by atoms with Gasteiger partial charge in [-0.15, -0.1) is 10.2 Å². The first kappa shape index (κ1) is 17.4. The Balaban J connectivity index is 1.82. The molecule has 1 aromatic heterocycles. The van der Waals surface area contributed by atoms with E-state index in [2.05, 4.69) is 31.4 Å². The van der Waals surface area contributed by atoms with Gasteiger partial charge >= 0.3 is 0 Å². The summed E-state index contributed by atoms with van der Waals surface area (Å²) in [4.78, 5) is 12.3. The van der Waals surface area contributed by atoms with Crippen LogP contribution in [0.15, 0.2) is 46.9 Å². The normalized spacial score (nSPS) is 10.4. The fraction of sp³-hybridized carbons (Fsp3) is 0.118. The van der Waals surface area contributed by atoms with Gasteiger partial charge in [0, 0.05) is 16.1 Å². The van der Waals surface area contributed by atoms with Crippen molar-refractivity contribution in [3.8, 4) is 22.1 Å². The maximum atomic E-state index is 12.3. The quantitative estimate of drug-likeness (QED) is 0.669. The highest BCUT2D eigenvalue weighted by atomic mass is 79.9. The molecule has 3 aromatic rings. The first-order chi connectivity index (χ1) is 12.1. The average molecular weight is 420 g/mol. The van der Waals surface area contributed by atoms with Crippen LogP contribution in [0.2, 0.25) is 0 Å². The van der Waals surface area contributed by atoms with Crippen molar-refractivity contribution in [3.05, 3.63) is 52.5 Å². The molecule has 0 aliphatic rings. The molecule has 1 amide bonds. The summed E-state index contributed by atoms with van der Waals surface area (Å²) in [5, 5.41) is 12.0. The van der Waals surface area contributed by atoms with Crippen LogP contribution in [0.1, 0.15) is 10.4 Å². The molecule has 25 heavy (non-hydrogen) atoms. The minimum Gasteiger partial charge on any atom is -0.497 e. The van der Waals surface area contributed by atoms with Gasteiger partial charge in [0.2, 0.25) is 5.13 Å². The molecular weight excluding hydrogens is 406 g/mol. The van der Waals surface area contributed by atoms with Gasteiger partial charge in [-0.1, -0.05) is 33.3 Å². The summed E-state index contributed by atoms with van der Waals surface area (Å²) < 4.78 is 11.4. The zero-order chi connectivity index (χ0) is 17.8. The predicted octanol–water partition coefficient (Wildman–Crippen LogP) is 4.24. The third kappa shape index (κ3) is 3.97. The molecule has 0 bridgehead atoms. The first-order valence-corrected chi connectivity index (χ1v) is 8.84. The van der Waals surface area contributed by atoms with Gasteiger partial charge in [-0.05, 0) is 30.3 Å². The van der Waals surface area contributed by atoms with Gasteiger partial charge in [-0.2, -0.15) is 0 Å². The molecule has 0 fully saturated rings. The molecule has 0 aliphatic heterocycles. The molecule has 0 aliphatic carbocycles. The molecule has 0 atom stereocenters. The third-order valence-electron chi connectivity index (χ3n) is 3.37. The first-order valence-electron chi connectivity index (χ1n) is 7.23. The predicted molar refractivity (Wildman–Crippen MR) is 101 cm³/mol. The van der Waals surface area contributed by atoms with E-state index in [4.69, 9.17) is 9.47 Å². The summed E-state index contributed by atoms with van der Waals surface area (Å²) in [6.45, 7) is 0. The summed E-state index contributed by atoms with van der Waals surface area (Å²) in [6, 6.07) is 12.6. The number of benzene rings is 2. The van der Waals surface area contributed by atoms with E-state index in [1.807, 2.05) is 18.2 Å². The molecule has 0 radical (unpaired) electrons. The molecule has 3 rings (SSSR count). The molecule has 0 unspecified atom stereocenters. The van der Waals surface area contributed by atoms with Crippen molar-refractivity contribution in [2.24, 2.45) is 0 Å². The van der Waals surface area contributed by atoms with Crippen molar-refractivity contribution < 1.29 is 14.3 Å². The van der Waals surface area contributed by atoms with Crippen molar-refractivity contribution in [2.45, 2.75) is 0 Å². The minimum atomic E-state index is -0.245. The van der Waals surface area contributed by atoms with Crippen molar-refractivity contribution in [1.82, 2.24) is 10.2 Å². The van der Waals surface area contributed by atoms with Gasteiger partial charge in [0.25, 0.3) is 5.91 Å². The average Bonchev–Trinajstić information content (AvgIpc) is 3.09. The summed E-state index contributed by atoms with van der Waals surface area (Å²) in [7, 11) is 3.17. The van der Waals surface area contributed by atoms with Gasteiger partial charge in [0.1, 0.15) is 11.5 Å². The van der Waals surface area contributed by atoms with Crippen molar-refractivity contribution in [3.63, 3.8) is 0 Å². The Hall–Kier alpha value is -2.45. The Labute approximate surface area is 156 Å². The zero-order valence-electron chi connectivity index (χ0n) is 13.4. The van der Waals surface area contributed by atoms with Crippen LogP contribution < -0.4 is 14.8 Å². The molecule has 6 nitrogen and oxygen atoms in total. The molecule has 0 saturated heterocycles. The van der Waals surface area contributed by atoms with Crippen LogP contribution in [0.5, 0.6) is 11.5 Å². The van der Waals surface area contributed by atoms with E-state index in [1.165, 1.54) is 11.3 Å². The number of carbonyl (C=O) groups excluding carboxylic acids is 1. The Kier molecular flexibility index (Phi) is 5.30. The number of nitrogens with zero attached hydrogens (tertiary/aromatic N) is 2. The van der Waals surface area contributed by atoms with Crippen LogP contribution in [-0.4, -0.2) is 30.3 Å². The molecule has 1 N–H and O–H groups in total. The van der Waals surface area contributed by atoms with Crippen LogP contribution in [0.25, 0.3) is 10.6 Å². The van der Waals surface area contributed by atoms with Crippen LogP contribution in [0, 0.1) is 0 Å². The van der Waals surface area contributed by atoms with Crippen LogP contribution in [0.3, 0.4) is 0 Å². The lowest BCUT2D eigenvalue weighted by atomic mass is 10.2. The molecular formula is C17H14BrN3O3S. The standard InChI is InChI=1S/C17H14BrN3O3S/c1-23-12-6-7-13(14(9-12)24-2)16-20-21-17(25-16)19-15(22)10-4-3-5-11(18)8-10/h3-9H,1-2H3,(H,19,21,22). The number of aromatic nitrogens is 2. The molecule has 0 spiro atoms. The van der Waals surface area contributed by atoms with E-state index in [1.54, 1.807) is 38.5 Å². The molecule has 128 valence electrons. The second kappa shape index (κ2) is 7.62. The molecule has 8 heteroatoms. The highest BCUT2D eigenvalue weighted by molar-refractivity contribution is 9.10.